The highest BCUT2D eigenvalue weighted by atomic mass is 32.2. The van der Waals surface area contributed by atoms with Crippen molar-refractivity contribution in [3.63, 3.8) is 0 Å². The topological polar surface area (TPSA) is 74.3 Å². The van der Waals surface area contributed by atoms with Crippen molar-refractivity contribution in [1.29, 1.82) is 0 Å². The van der Waals surface area contributed by atoms with Gasteiger partial charge in [-0.25, -0.2) is 12.7 Å². The van der Waals surface area contributed by atoms with Gasteiger partial charge >= 0.3 is 0 Å². The van der Waals surface area contributed by atoms with E-state index in [1.54, 1.807) is 13.8 Å². The van der Waals surface area contributed by atoms with Gasteiger partial charge in [0.25, 0.3) is 0 Å². The van der Waals surface area contributed by atoms with Crippen molar-refractivity contribution < 1.29 is 28.0 Å². The lowest BCUT2D eigenvalue weighted by Gasteiger charge is -2.60. The van der Waals surface area contributed by atoms with Crippen LogP contribution in [-0.2, 0) is 29.6 Å². The number of sulfonamides is 1. The number of rotatable bonds is 2. The smallest absolute Gasteiger partial charge is 0.212 e. The van der Waals surface area contributed by atoms with Crippen LogP contribution in [0.2, 0.25) is 0 Å². The molecular formula is C18H29NO6S. The normalized spacial score (nSPS) is 41.3. The first-order valence-electron chi connectivity index (χ1n) is 10.1. The van der Waals surface area contributed by atoms with E-state index in [1.807, 2.05) is 0 Å². The van der Waals surface area contributed by atoms with E-state index in [2.05, 4.69) is 0 Å². The van der Waals surface area contributed by atoms with Crippen LogP contribution in [0.15, 0.2) is 0 Å². The molecule has 4 saturated carbocycles. The fraction of sp³-hybridized carbons (Fsp3) is 1.00. The standard InChI is InChI=1S/C18H29NO6S/c1-12(2)26(20,21)19-5-3-17(4-6-19)22-24-18(25-23-17)15-8-13-7-14(10-15)11-16(18)9-13/h12-16H,3-11H2,1-2H3. The Bertz CT molecular complexity index is 629. The first-order chi connectivity index (χ1) is 12.3. The van der Waals surface area contributed by atoms with Gasteiger partial charge < -0.3 is 0 Å². The van der Waals surface area contributed by atoms with Crippen molar-refractivity contribution in [2.75, 3.05) is 13.1 Å². The fourth-order valence-electron chi connectivity index (χ4n) is 5.97. The second kappa shape index (κ2) is 5.87. The Kier molecular flexibility index (Phi) is 4.03. The average molecular weight is 387 g/mol. The Morgan fingerprint density at radius 1 is 0.846 bits per heavy atom. The third-order valence-electron chi connectivity index (χ3n) is 7.36. The molecule has 2 heterocycles. The lowest BCUT2D eigenvalue weighted by molar-refractivity contribution is -0.680. The number of nitrogens with zero attached hydrogens (tertiary/aromatic N) is 1. The molecule has 6 fully saturated rings. The highest BCUT2D eigenvalue weighted by Gasteiger charge is 2.64. The molecular weight excluding hydrogens is 358 g/mol. The average Bonchev–Trinajstić information content (AvgIpc) is 2.61. The van der Waals surface area contributed by atoms with Gasteiger partial charge in [0.1, 0.15) is 0 Å². The Morgan fingerprint density at radius 3 is 1.81 bits per heavy atom. The summed E-state index contributed by atoms with van der Waals surface area (Å²) in [5.74, 6) is 0.560. The molecule has 2 aliphatic heterocycles. The van der Waals surface area contributed by atoms with E-state index in [0.717, 1.165) is 37.5 Å². The summed E-state index contributed by atoms with van der Waals surface area (Å²) in [6, 6.07) is 0. The van der Waals surface area contributed by atoms with Crippen LogP contribution >= 0.6 is 0 Å². The molecule has 0 radical (unpaired) electrons. The van der Waals surface area contributed by atoms with Gasteiger partial charge in [0.15, 0.2) is 0 Å². The maximum atomic E-state index is 12.3. The van der Waals surface area contributed by atoms with Crippen LogP contribution in [0.3, 0.4) is 0 Å². The number of hydrogen-bond acceptors (Lipinski definition) is 6. The largest absolute Gasteiger partial charge is 0.239 e. The molecule has 6 rings (SSSR count). The Hall–Kier alpha value is -0.250. The molecule has 0 aromatic heterocycles. The molecule has 0 aromatic rings. The third kappa shape index (κ3) is 2.53. The van der Waals surface area contributed by atoms with Gasteiger partial charge in [-0.05, 0) is 57.8 Å². The molecule has 2 saturated heterocycles. The summed E-state index contributed by atoms with van der Waals surface area (Å²) in [5, 5.41) is -0.423. The van der Waals surface area contributed by atoms with Crippen molar-refractivity contribution in [2.45, 2.75) is 75.6 Å². The molecule has 6 aliphatic rings. The van der Waals surface area contributed by atoms with E-state index in [0.29, 0.717) is 37.8 Å². The predicted molar refractivity (Wildman–Crippen MR) is 91.7 cm³/mol. The Morgan fingerprint density at radius 2 is 1.35 bits per heavy atom. The highest BCUT2D eigenvalue weighted by Crippen LogP contribution is 2.61. The van der Waals surface area contributed by atoms with Gasteiger partial charge in [0.05, 0.1) is 5.25 Å². The molecule has 0 aromatic carbocycles. The van der Waals surface area contributed by atoms with Gasteiger partial charge in [-0.2, -0.15) is 19.6 Å². The fourth-order valence-corrected chi connectivity index (χ4v) is 7.26. The molecule has 7 nitrogen and oxygen atoms in total. The van der Waals surface area contributed by atoms with Gasteiger partial charge in [-0.3, -0.25) is 0 Å². The minimum absolute atomic E-state index is 0.345. The van der Waals surface area contributed by atoms with Crippen LogP contribution in [0.25, 0.3) is 0 Å². The summed E-state index contributed by atoms with van der Waals surface area (Å²) in [4.78, 5) is 23.7. The van der Waals surface area contributed by atoms with E-state index in [1.165, 1.54) is 10.7 Å². The molecule has 148 valence electrons. The van der Waals surface area contributed by atoms with Crippen LogP contribution in [0.4, 0.5) is 0 Å². The molecule has 4 bridgehead atoms. The molecule has 0 amide bonds. The molecule has 0 N–H and O–H groups in total. The number of hydrogen-bond donors (Lipinski definition) is 0. The number of piperidine rings is 1. The maximum Gasteiger partial charge on any atom is 0.239 e. The molecule has 2 spiro atoms. The summed E-state index contributed by atoms with van der Waals surface area (Å²) < 4.78 is 26.2. The van der Waals surface area contributed by atoms with E-state index in [-0.39, 0.29) is 0 Å². The van der Waals surface area contributed by atoms with Gasteiger partial charge in [0.2, 0.25) is 21.6 Å². The zero-order valence-corrected chi connectivity index (χ0v) is 16.4. The SMILES string of the molecule is CC(C)S(=O)(=O)N1CCC2(CC1)OOC1(OO2)C2CC3CC(C2)CC1C3. The van der Waals surface area contributed by atoms with Crippen molar-refractivity contribution in [2.24, 2.45) is 23.7 Å². The first kappa shape index (κ1) is 17.8. The highest BCUT2D eigenvalue weighted by molar-refractivity contribution is 7.89. The van der Waals surface area contributed by atoms with Crippen molar-refractivity contribution >= 4 is 10.0 Å². The summed E-state index contributed by atoms with van der Waals surface area (Å²) in [7, 11) is -3.26. The summed E-state index contributed by atoms with van der Waals surface area (Å²) in [6.07, 6.45) is 6.71. The molecule has 4 aliphatic carbocycles. The van der Waals surface area contributed by atoms with E-state index < -0.39 is 26.8 Å². The Labute approximate surface area is 155 Å². The van der Waals surface area contributed by atoms with E-state index in [4.69, 9.17) is 19.6 Å². The molecule has 8 heteroatoms. The van der Waals surface area contributed by atoms with Crippen molar-refractivity contribution in [1.82, 2.24) is 4.31 Å². The second-order valence-electron chi connectivity index (χ2n) is 9.26. The second-order valence-corrected chi connectivity index (χ2v) is 11.8. The third-order valence-corrected chi connectivity index (χ3v) is 9.64. The van der Waals surface area contributed by atoms with Crippen molar-refractivity contribution in [3.8, 4) is 0 Å². The van der Waals surface area contributed by atoms with Crippen LogP contribution < -0.4 is 0 Å². The van der Waals surface area contributed by atoms with Crippen LogP contribution in [0.1, 0.15) is 58.8 Å². The lowest BCUT2D eigenvalue weighted by Crippen LogP contribution is -2.65. The zero-order chi connectivity index (χ0) is 18.2. The maximum absolute atomic E-state index is 12.3. The van der Waals surface area contributed by atoms with Crippen LogP contribution in [0, 0.1) is 23.7 Å². The summed E-state index contributed by atoms with van der Waals surface area (Å²) in [6.45, 7) is 4.12. The van der Waals surface area contributed by atoms with Crippen LogP contribution in [0.5, 0.6) is 0 Å². The Balaban J connectivity index is 1.26. The summed E-state index contributed by atoms with van der Waals surface area (Å²) >= 11 is 0. The monoisotopic (exact) mass is 387 g/mol. The molecule has 0 unspecified atom stereocenters. The van der Waals surface area contributed by atoms with Crippen LogP contribution in [-0.4, -0.2) is 42.6 Å². The predicted octanol–water partition coefficient (Wildman–Crippen LogP) is 2.58. The quantitative estimate of drug-likeness (QED) is 0.678. The van der Waals surface area contributed by atoms with E-state index >= 15 is 0 Å². The van der Waals surface area contributed by atoms with Gasteiger partial charge in [0, 0.05) is 37.8 Å². The molecule has 0 atom stereocenters. The van der Waals surface area contributed by atoms with Gasteiger partial charge in [-0.1, -0.05) is 0 Å². The molecule has 26 heavy (non-hydrogen) atoms. The van der Waals surface area contributed by atoms with E-state index in [9.17, 15) is 8.42 Å². The lowest BCUT2D eigenvalue weighted by atomic mass is 9.53. The zero-order valence-electron chi connectivity index (χ0n) is 15.6. The summed E-state index contributed by atoms with van der Waals surface area (Å²) in [5.41, 5.74) is 0. The first-order valence-corrected chi connectivity index (χ1v) is 11.6. The van der Waals surface area contributed by atoms with Crippen molar-refractivity contribution in [3.05, 3.63) is 0 Å². The van der Waals surface area contributed by atoms with Gasteiger partial charge in [-0.15, -0.1) is 0 Å². The minimum atomic E-state index is -3.26. The minimum Gasteiger partial charge on any atom is -0.212 e.